The Balaban J connectivity index is 2.82. The molecule has 1 rings (SSSR count). The largest absolute Gasteiger partial charge is 0.408 e. The van der Waals surface area contributed by atoms with Crippen LogP contribution in [0.3, 0.4) is 0 Å². The fourth-order valence-electron chi connectivity index (χ4n) is 0.693. The van der Waals surface area contributed by atoms with Gasteiger partial charge in [0.1, 0.15) is 16.1 Å². The van der Waals surface area contributed by atoms with Crippen LogP contribution in [-0.2, 0) is 6.54 Å². The average Bonchev–Trinajstić information content (AvgIpc) is 2.06. The summed E-state index contributed by atoms with van der Waals surface area (Å²) in [5, 5.41) is 3.46. The summed E-state index contributed by atoms with van der Waals surface area (Å²) in [7, 11) is 0. The standard InChI is InChI=1S/C5H5F3IN3/c6-5(7,8)2-12-3(9)1-4(10)11-12/h1H,2H2,(H2,10,11). The van der Waals surface area contributed by atoms with E-state index in [4.69, 9.17) is 5.73 Å². The van der Waals surface area contributed by atoms with Crippen LogP contribution in [0.4, 0.5) is 19.0 Å². The number of nitrogens with zero attached hydrogens (tertiary/aromatic N) is 2. The molecule has 7 heteroatoms. The molecule has 1 aromatic heterocycles. The van der Waals surface area contributed by atoms with Gasteiger partial charge >= 0.3 is 6.18 Å². The first-order valence-corrected chi connectivity index (χ1v) is 4.02. The smallest absolute Gasteiger partial charge is 0.382 e. The predicted octanol–water partition coefficient (Wildman–Crippen LogP) is 1.63. The molecule has 0 unspecified atom stereocenters. The Labute approximate surface area is 79.9 Å². The molecule has 0 fully saturated rings. The van der Waals surface area contributed by atoms with Crippen LogP contribution in [0.25, 0.3) is 0 Å². The Bertz CT molecular complexity index is 280. The van der Waals surface area contributed by atoms with Gasteiger partial charge in [-0.1, -0.05) is 0 Å². The highest BCUT2D eigenvalue weighted by atomic mass is 127. The van der Waals surface area contributed by atoms with E-state index in [1.165, 1.54) is 6.07 Å². The van der Waals surface area contributed by atoms with Gasteiger partial charge in [-0.2, -0.15) is 18.3 Å². The van der Waals surface area contributed by atoms with Crippen molar-refractivity contribution in [2.24, 2.45) is 0 Å². The molecule has 0 aliphatic heterocycles. The third kappa shape index (κ3) is 2.54. The van der Waals surface area contributed by atoms with E-state index in [1.807, 2.05) is 0 Å². The van der Waals surface area contributed by atoms with E-state index in [9.17, 15) is 13.2 Å². The number of nitrogens with two attached hydrogens (primary N) is 1. The highest BCUT2D eigenvalue weighted by Crippen LogP contribution is 2.19. The van der Waals surface area contributed by atoms with Crippen molar-refractivity contribution in [3.05, 3.63) is 9.77 Å². The third-order valence-electron chi connectivity index (χ3n) is 1.08. The minimum Gasteiger partial charge on any atom is -0.382 e. The van der Waals surface area contributed by atoms with Gasteiger partial charge in [0.2, 0.25) is 0 Å². The van der Waals surface area contributed by atoms with E-state index in [2.05, 4.69) is 5.10 Å². The number of hydrogen-bond acceptors (Lipinski definition) is 2. The predicted molar refractivity (Wildman–Crippen MR) is 45.4 cm³/mol. The molecule has 0 aromatic carbocycles. The van der Waals surface area contributed by atoms with Crippen LogP contribution < -0.4 is 5.73 Å². The van der Waals surface area contributed by atoms with Gasteiger partial charge in [-0.25, -0.2) is 4.68 Å². The Hall–Kier alpha value is -0.470. The fraction of sp³-hybridized carbons (Fsp3) is 0.400. The summed E-state index contributed by atoms with van der Waals surface area (Å²) in [5.74, 6) is 0.101. The summed E-state index contributed by atoms with van der Waals surface area (Å²) in [6.45, 7) is -1.09. The molecule has 68 valence electrons. The number of anilines is 1. The molecule has 0 saturated heterocycles. The summed E-state index contributed by atoms with van der Waals surface area (Å²) in [6.07, 6.45) is -4.25. The molecule has 3 nitrogen and oxygen atoms in total. The van der Waals surface area contributed by atoms with Gasteiger partial charge in [-0.05, 0) is 22.6 Å². The van der Waals surface area contributed by atoms with Crippen LogP contribution in [0.1, 0.15) is 0 Å². The quantitative estimate of drug-likeness (QED) is 0.799. The number of halogens is 4. The van der Waals surface area contributed by atoms with Crippen molar-refractivity contribution in [1.29, 1.82) is 0 Å². The molecular weight excluding hydrogens is 286 g/mol. The Kier molecular flexibility index (Phi) is 2.49. The molecule has 0 amide bonds. The van der Waals surface area contributed by atoms with Crippen molar-refractivity contribution in [3.63, 3.8) is 0 Å². The van der Waals surface area contributed by atoms with Gasteiger partial charge in [-0.15, -0.1) is 0 Å². The van der Waals surface area contributed by atoms with Crippen molar-refractivity contribution in [2.75, 3.05) is 5.73 Å². The average molecular weight is 291 g/mol. The highest BCUT2D eigenvalue weighted by Gasteiger charge is 2.29. The lowest BCUT2D eigenvalue weighted by molar-refractivity contribution is -0.143. The monoisotopic (exact) mass is 291 g/mol. The number of rotatable bonds is 1. The molecule has 0 atom stereocenters. The van der Waals surface area contributed by atoms with Crippen LogP contribution >= 0.6 is 22.6 Å². The van der Waals surface area contributed by atoms with Crippen molar-refractivity contribution >= 4 is 28.4 Å². The van der Waals surface area contributed by atoms with E-state index < -0.39 is 12.7 Å². The van der Waals surface area contributed by atoms with Crippen LogP contribution in [-0.4, -0.2) is 16.0 Å². The van der Waals surface area contributed by atoms with Crippen LogP contribution in [0.15, 0.2) is 6.07 Å². The second-order valence-electron chi connectivity index (χ2n) is 2.16. The van der Waals surface area contributed by atoms with Gasteiger partial charge < -0.3 is 5.73 Å². The van der Waals surface area contributed by atoms with Gasteiger partial charge in [0, 0.05) is 6.07 Å². The maximum absolute atomic E-state index is 11.8. The first-order valence-electron chi connectivity index (χ1n) is 2.94. The van der Waals surface area contributed by atoms with Crippen molar-refractivity contribution in [1.82, 2.24) is 9.78 Å². The lowest BCUT2D eigenvalue weighted by Crippen LogP contribution is -2.19. The summed E-state index contributed by atoms with van der Waals surface area (Å²) in [5.41, 5.74) is 5.19. The van der Waals surface area contributed by atoms with Crippen LogP contribution in [0.5, 0.6) is 0 Å². The second kappa shape index (κ2) is 3.11. The Morgan fingerprint density at radius 2 is 2.17 bits per heavy atom. The molecule has 0 bridgehead atoms. The summed E-state index contributed by atoms with van der Waals surface area (Å²) < 4.78 is 36.7. The molecule has 0 spiro atoms. The third-order valence-corrected chi connectivity index (χ3v) is 1.95. The van der Waals surface area contributed by atoms with E-state index in [0.29, 0.717) is 3.70 Å². The van der Waals surface area contributed by atoms with Crippen LogP contribution in [0, 0.1) is 3.70 Å². The van der Waals surface area contributed by atoms with Crippen molar-refractivity contribution < 1.29 is 13.2 Å². The normalized spacial score (nSPS) is 12.0. The first-order chi connectivity index (χ1) is 5.38. The number of alkyl halides is 3. The molecular formula is C5H5F3IN3. The fourth-order valence-corrected chi connectivity index (χ4v) is 1.29. The molecule has 0 radical (unpaired) electrons. The zero-order valence-electron chi connectivity index (χ0n) is 5.77. The molecule has 12 heavy (non-hydrogen) atoms. The minimum atomic E-state index is -4.25. The maximum Gasteiger partial charge on any atom is 0.408 e. The molecule has 0 aliphatic rings. The van der Waals surface area contributed by atoms with Crippen LogP contribution in [0.2, 0.25) is 0 Å². The lowest BCUT2D eigenvalue weighted by atomic mass is 10.6. The Morgan fingerprint density at radius 3 is 2.50 bits per heavy atom. The lowest BCUT2D eigenvalue weighted by Gasteiger charge is -2.06. The molecule has 0 aliphatic carbocycles. The first kappa shape index (κ1) is 9.62. The molecule has 0 saturated carbocycles. The maximum atomic E-state index is 11.8. The van der Waals surface area contributed by atoms with E-state index in [0.717, 1.165) is 4.68 Å². The molecule has 1 aromatic rings. The summed E-state index contributed by atoms with van der Waals surface area (Å²) >= 11 is 1.74. The highest BCUT2D eigenvalue weighted by molar-refractivity contribution is 14.1. The molecule has 1 heterocycles. The zero-order valence-corrected chi connectivity index (χ0v) is 7.93. The second-order valence-corrected chi connectivity index (χ2v) is 3.27. The van der Waals surface area contributed by atoms with E-state index in [-0.39, 0.29) is 5.82 Å². The van der Waals surface area contributed by atoms with E-state index >= 15 is 0 Å². The zero-order chi connectivity index (χ0) is 9.35. The number of nitrogen functional groups attached to an aromatic ring is 1. The summed E-state index contributed by atoms with van der Waals surface area (Å²) in [4.78, 5) is 0. The number of hydrogen-bond donors (Lipinski definition) is 1. The SMILES string of the molecule is Nc1cc(I)n(CC(F)(F)F)n1. The Morgan fingerprint density at radius 1 is 1.58 bits per heavy atom. The topological polar surface area (TPSA) is 43.8 Å². The van der Waals surface area contributed by atoms with Crippen molar-refractivity contribution in [2.45, 2.75) is 12.7 Å². The van der Waals surface area contributed by atoms with Gasteiger partial charge in [-0.3, -0.25) is 0 Å². The van der Waals surface area contributed by atoms with Gasteiger partial charge in [0.05, 0.1) is 0 Å². The van der Waals surface area contributed by atoms with Gasteiger partial charge in [0.25, 0.3) is 0 Å². The van der Waals surface area contributed by atoms with Crippen molar-refractivity contribution in [3.8, 4) is 0 Å². The van der Waals surface area contributed by atoms with E-state index in [1.54, 1.807) is 22.6 Å². The summed E-state index contributed by atoms with van der Waals surface area (Å²) in [6, 6.07) is 1.38. The van der Waals surface area contributed by atoms with Gasteiger partial charge in [0.15, 0.2) is 0 Å². The number of aromatic nitrogens is 2. The molecule has 2 N–H and O–H groups in total. The minimum absolute atomic E-state index is 0.101.